The van der Waals surface area contributed by atoms with Gasteiger partial charge in [0.2, 0.25) is 0 Å². The van der Waals surface area contributed by atoms with Gasteiger partial charge in [-0.2, -0.15) is 11.8 Å². The average Bonchev–Trinajstić information content (AvgIpc) is 2.44. The number of rotatable bonds is 5. The van der Waals surface area contributed by atoms with Crippen LogP contribution in [0.2, 0.25) is 0 Å². The lowest BCUT2D eigenvalue weighted by Crippen LogP contribution is -2.37. The Morgan fingerprint density at radius 2 is 2.24 bits per heavy atom. The van der Waals surface area contributed by atoms with Crippen LogP contribution in [0.15, 0.2) is 29.3 Å². The van der Waals surface area contributed by atoms with Gasteiger partial charge in [0.25, 0.3) is 0 Å². The van der Waals surface area contributed by atoms with Crippen molar-refractivity contribution in [3.05, 3.63) is 29.8 Å². The van der Waals surface area contributed by atoms with E-state index in [0.29, 0.717) is 17.8 Å². The molecule has 6 heteroatoms. The molecule has 0 aliphatic carbocycles. The molecule has 0 saturated heterocycles. The number of nitrogens with zero attached hydrogens (tertiary/aromatic N) is 1. The smallest absolute Gasteiger partial charge is 0.189 e. The molecule has 21 heavy (non-hydrogen) atoms. The number of fused-ring (bicyclic) bond motifs is 1. The minimum absolute atomic E-state index is 0. The number of guanidine groups is 1. The Morgan fingerprint density at radius 1 is 1.48 bits per heavy atom. The fraction of sp³-hybridized carbons (Fsp3) is 0.533. The first-order chi connectivity index (χ1) is 9.66. The van der Waals surface area contributed by atoms with Gasteiger partial charge >= 0.3 is 0 Å². The zero-order valence-electron chi connectivity index (χ0n) is 12.5. The molecule has 2 rings (SSSR count). The van der Waals surface area contributed by atoms with Crippen LogP contribution in [-0.4, -0.2) is 30.1 Å². The molecule has 4 nitrogen and oxygen atoms in total. The van der Waals surface area contributed by atoms with Gasteiger partial charge in [-0.15, -0.1) is 24.0 Å². The number of halogens is 1. The third-order valence-corrected chi connectivity index (χ3v) is 4.19. The standard InChI is InChI=1S/C15H23N3OS.HI/c1-11(2)20-10-8-17-15(16)18-13-7-9-19-14-6-4-3-5-12(13)14;/h3-6,11,13H,7-10H2,1-2H3,(H3,16,17,18);1H. The van der Waals surface area contributed by atoms with E-state index in [1.165, 1.54) is 0 Å². The highest BCUT2D eigenvalue weighted by atomic mass is 127. The fourth-order valence-electron chi connectivity index (χ4n) is 2.17. The van der Waals surface area contributed by atoms with E-state index >= 15 is 0 Å². The second-order valence-electron chi connectivity index (χ2n) is 5.06. The average molecular weight is 421 g/mol. The second kappa shape index (κ2) is 9.40. The van der Waals surface area contributed by atoms with Crippen LogP contribution in [0, 0.1) is 0 Å². The van der Waals surface area contributed by atoms with Crippen LogP contribution in [0.3, 0.4) is 0 Å². The highest BCUT2D eigenvalue weighted by Crippen LogP contribution is 2.31. The second-order valence-corrected chi connectivity index (χ2v) is 6.74. The lowest BCUT2D eigenvalue weighted by atomic mass is 10.0. The Balaban J connectivity index is 0.00000220. The first kappa shape index (κ1) is 18.4. The first-order valence-corrected chi connectivity index (χ1v) is 8.11. The summed E-state index contributed by atoms with van der Waals surface area (Å²) < 4.78 is 5.64. The number of hydrogen-bond acceptors (Lipinski definition) is 3. The molecule has 3 N–H and O–H groups in total. The summed E-state index contributed by atoms with van der Waals surface area (Å²) in [7, 11) is 0. The predicted octanol–water partition coefficient (Wildman–Crippen LogP) is 3.17. The highest BCUT2D eigenvalue weighted by Gasteiger charge is 2.20. The van der Waals surface area contributed by atoms with Crippen molar-refractivity contribution in [1.82, 2.24) is 5.32 Å². The Hall–Kier alpha value is -0.630. The number of aliphatic imine (C=N–C) groups is 1. The Bertz CT molecular complexity index is 468. The first-order valence-electron chi connectivity index (χ1n) is 7.06. The molecule has 0 amide bonds. The minimum atomic E-state index is 0. The lowest BCUT2D eigenvalue weighted by Gasteiger charge is -2.26. The van der Waals surface area contributed by atoms with Crippen LogP contribution >= 0.6 is 35.7 Å². The summed E-state index contributed by atoms with van der Waals surface area (Å²) in [6.45, 7) is 5.85. The number of thioether (sulfide) groups is 1. The number of para-hydroxylation sites is 1. The Morgan fingerprint density at radius 3 is 3.00 bits per heavy atom. The third-order valence-electron chi connectivity index (χ3n) is 3.11. The Kier molecular flexibility index (Phi) is 8.24. The molecule has 1 unspecified atom stereocenters. The van der Waals surface area contributed by atoms with E-state index in [9.17, 15) is 0 Å². The maximum atomic E-state index is 5.97. The zero-order valence-corrected chi connectivity index (χ0v) is 15.7. The van der Waals surface area contributed by atoms with Gasteiger partial charge in [-0.3, -0.25) is 4.99 Å². The monoisotopic (exact) mass is 421 g/mol. The maximum absolute atomic E-state index is 5.97. The van der Waals surface area contributed by atoms with Gasteiger partial charge in [0.1, 0.15) is 5.75 Å². The van der Waals surface area contributed by atoms with E-state index < -0.39 is 0 Å². The van der Waals surface area contributed by atoms with Gasteiger partial charge < -0.3 is 15.8 Å². The van der Waals surface area contributed by atoms with Crippen molar-refractivity contribution in [3.63, 3.8) is 0 Å². The summed E-state index contributed by atoms with van der Waals surface area (Å²) in [5, 5.41) is 3.94. The van der Waals surface area contributed by atoms with Crippen LogP contribution in [0.1, 0.15) is 31.9 Å². The summed E-state index contributed by atoms with van der Waals surface area (Å²) in [4.78, 5) is 4.38. The molecule has 1 aliphatic rings. The topological polar surface area (TPSA) is 59.6 Å². The number of nitrogens with two attached hydrogens (primary N) is 1. The van der Waals surface area contributed by atoms with Crippen molar-refractivity contribution in [3.8, 4) is 5.75 Å². The maximum Gasteiger partial charge on any atom is 0.189 e. The van der Waals surface area contributed by atoms with Crippen LogP contribution in [0.4, 0.5) is 0 Å². The molecule has 1 aliphatic heterocycles. The molecule has 0 radical (unpaired) electrons. The summed E-state index contributed by atoms with van der Waals surface area (Å²) in [5.41, 5.74) is 7.13. The van der Waals surface area contributed by atoms with Crippen LogP contribution in [-0.2, 0) is 0 Å². The van der Waals surface area contributed by atoms with Crippen LogP contribution in [0.5, 0.6) is 5.75 Å². The van der Waals surface area contributed by atoms with E-state index in [2.05, 4.69) is 30.2 Å². The number of hydrogen-bond donors (Lipinski definition) is 2. The third kappa shape index (κ3) is 5.94. The van der Waals surface area contributed by atoms with Crippen molar-refractivity contribution in [2.75, 3.05) is 18.9 Å². The number of nitrogens with one attached hydrogen (secondary N) is 1. The van der Waals surface area contributed by atoms with E-state index in [-0.39, 0.29) is 30.0 Å². The van der Waals surface area contributed by atoms with Gasteiger partial charge in [-0.25, -0.2) is 0 Å². The molecule has 0 bridgehead atoms. The predicted molar refractivity (Wildman–Crippen MR) is 102 cm³/mol. The molecule has 1 aromatic carbocycles. The summed E-state index contributed by atoms with van der Waals surface area (Å²) in [6, 6.07) is 8.28. The van der Waals surface area contributed by atoms with Crippen molar-refractivity contribution in [2.24, 2.45) is 10.7 Å². The number of ether oxygens (including phenoxy) is 1. The highest BCUT2D eigenvalue weighted by molar-refractivity contribution is 14.0. The molecule has 0 fully saturated rings. The largest absolute Gasteiger partial charge is 0.493 e. The molecule has 1 atom stereocenters. The van der Waals surface area contributed by atoms with Gasteiger partial charge in [0.15, 0.2) is 5.96 Å². The van der Waals surface area contributed by atoms with E-state index in [4.69, 9.17) is 10.5 Å². The van der Waals surface area contributed by atoms with E-state index in [0.717, 1.165) is 30.0 Å². The minimum Gasteiger partial charge on any atom is -0.493 e. The molecule has 1 aromatic rings. The van der Waals surface area contributed by atoms with Gasteiger partial charge in [0, 0.05) is 17.7 Å². The fourth-order valence-corrected chi connectivity index (χ4v) is 2.84. The Labute approximate surface area is 148 Å². The van der Waals surface area contributed by atoms with Crippen LogP contribution < -0.4 is 15.8 Å². The van der Waals surface area contributed by atoms with Gasteiger partial charge in [-0.05, 0) is 11.3 Å². The lowest BCUT2D eigenvalue weighted by molar-refractivity contribution is 0.262. The van der Waals surface area contributed by atoms with E-state index in [1.807, 2.05) is 30.0 Å². The molecule has 118 valence electrons. The number of benzene rings is 1. The summed E-state index contributed by atoms with van der Waals surface area (Å²) >= 11 is 1.90. The van der Waals surface area contributed by atoms with Crippen molar-refractivity contribution in [1.29, 1.82) is 0 Å². The SMILES string of the molecule is CC(C)SCCN=C(N)NC1CCOc2ccccc21.I. The summed E-state index contributed by atoms with van der Waals surface area (Å²) in [6.07, 6.45) is 0.911. The molecule has 0 spiro atoms. The van der Waals surface area contributed by atoms with Crippen molar-refractivity contribution < 1.29 is 4.74 Å². The quantitative estimate of drug-likeness (QED) is 0.332. The van der Waals surface area contributed by atoms with E-state index in [1.54, 1.807) is 0 Å². The van der Waals surface area contributed by atoms with Gasteiger partial charge in [-0.1, -0.05) is 32.0 Å². The van der Waals surface area contributed by atoms with Crippen molar-refractivity contribution in [2.45, 2.75) is 31.6 Å². The zero-order chi connectivity index (χ0) is 14.4. The molecular weight excluding hydrogens is 397 g/mol. The van der Waals surface area contributed by atoms with Crippen molar-refractivity contribution >= 4 is 41.7 Å². The molecular formula is C15H24IN3OS. The van der Waals surface area contributed by atoms with Crippen LogP contribution in [0.25, 0.3) is 0 Å². The molecule has 0 saturated carbocycles. The normalized spacial score (nSPS) is 17.7. The summed E-state index contributed by atoms with van der Waals surface area (Å²) in [5.74, 6) is 2.47. The van der Waals surface area contributed by atoms with Gasteiger partial charge in [0.05, 0.1) is 19.2 Å². The molecule has 1 heterocycles. The molecule has 0 aromatic heterocycles.